The minimum absolute atomic E-state index is 0.115. The molecule has 1 aliphatic rings. The van der Waals surface area contributed by atoms with E-state index in [1.54, 1.807) is 18.3 Å². The minimum Gasteiger partial charge on any atom is -0.384 e. The lowest BCUT2D eigenvalue weighted by Crippen LogP contribution is -2.29. The third-order valence-electron chi connectivity index (χ3n) is 2.01. The van der Waals surface area contributed by atoms with Crippen molar-refractivity contribution in [2.75, 3.05) is 6.54 Å². The number of nitrogens with two attached hydrogens (primary N) is 1. The molecule has 0 amide bonds. The highest BCUT2D eigenvalue weighted by Gasteiger charge is 2.11. The average Bonchev–Trinajstić information content (AvgIpc) is 2.20. The van der Waals surface area contributed by atoms with Gasteiger partial charge in [0.15, 0.2) is 0 Å². The van der Waals surface area contributed by atoms with Crippen LogP contribution in [-0.4, -0.2) is 22.2 Å². The molecule has 72 valence electrons. The number of nitrogens with zero attached hydrogens (tertiary/aromatic N) is 3. The van der Waals surface area contributed by atoms with Gasteiger partial charge in [-0.3, -0.25) is 9.79 Å². The highest BCUT2D eigenvalue weighted by molar-refractivity contribution is 5.92. The van der Waals surface area contributed by atoms with Crippen LogP contribution in [0.25, 0.3) is 0 Å². The van der Waals surface area contributed by atoms with Crippen molar-refractivity contribution in [3.05, 3.63) is 40.8 Å². The molecular formula is C9H10N4O. The molecule has 2 N–H and O–H groups in total. The van der Waals surface area contributed by atoms with Gasteiger partial charge < -0.3 is 5.73 Å². The van der Waals surface area contributed by atoms with Crippen LogP contribution in [0.1, 0.15) is 6.04 Å². The van der Waals surface area contributed by atoms with E-state index < -0.39 is 0 Å². The SMILES string of the molecule is NC1=NCC(n2ncccc2=O)C=C1. The van der Waals surface area contributed by atoms with Crippen molar-refractivity contribution >= 4 is 5.84 Å². The van der Waals surface area contributed by atoms with Gasteiger partial charge in [0.1, 0.15) is 5.84 Å². The van der Waals surface area contributed by atoms with Crippen LogP contribution >= 0.6 is 0 Å². The molecule has 14 heavy (non-hydrogen) atoms. The van der Waals surface area contributed by atoms with Crippen LogP contribution in [0, 0.1) is 0 Å². The van der Waals surface area contributed by atoms with E-state index in [9.17, 15) is 4.79 Å². The number of dihydropyridines is 1. The minimum atomic E-state index is -0.127. The second-order valence-electron chi connectivity index (χ2n) is 3.00. The van der Waals surface area contributed by atoms with E-state index in [-0.39, 0.29) is 11.6 Å². The molecule has 0 aromatic carbocycles. The van der Waals surface area contributed by atoms with Crippen molar-refractivity contribution in [3.63, 3.8) is 0 Å². The predicted octanol–water partition coefficient (Wildman–Crippen LogP) is -0.289. The summed E-state index contributed by atoms with van der Waals surface area (Å²) < 4.78 is 1.40. The summed E-state index contributed by atoms with van der Waals surface area (Å²) in [7, 11) is 0. The quantitative estimate of drug-likeness (QED) is 0.661. The van der Waals surface area contributed by atoms with Gasteiger partial charge in [-0.15, -0.1) is 0 Å². The summed E-state index contributed by atoms with van der Waals surface area (Å²) in [6.07, 6.45) is 5.10. The van der Waals surface area contributed by atoms with Crippen molar-refractivity contribution in [3.8, 4) is 0 Å². The molecule has 5 heteroatoms. The predicted molar refractivity (Wildman–Crippen MR) is 53.2 cm³/mol. The Balaban J connectivity index is 2.31. The van der Waals surface area contributed by atoms with Crippen molar-refractivity contribution in [2.24, 2.45) is 10.7 Å². The maximum atomic E-state index is 11.4. The molecule has 0 fully saturated rings. The lowest BCUT2D eigenvalue weighted by atomic mass is 10.2. The van der Waals surface area contributed by atoms with Crippen LogP contribution in [0.3, 0.4) is 0 Å². The van der Waals surface area contributed by atoms with Gasteiger partial charge in [-0.2, -0.15) is 5.10 Å². The third kappa shape index (κ3) is 1.56. The Morgan fingerprint density at radius 2 is 2.43 bits per heavy atom. The largest absolute Gasteiger partial charge is 0.384 e. The average molecular weight is 190 g/mol. The molecule has 0 radical (unpaired) electrons. The summed E-state index contributed by atoms with van der Waals surface area (Å²) in [6, 6.07) is 2.97. The second-order valence-corrected chi connectivity index (χ2v) is 3.00. The molecule has 0 bridgehead atoms. The number of hydrogen-bond donors (Lipinski definition) is 1. The van der Waals surface area contributed by atoms with Crippen molar-refractivity contribution in [1.29, 1.82) is 0 Å². The van der Waals surface area contributed by atoms with Crippen molar-refractivity contribution in [1.82, 2.24) is 9.78 Å². The Labute approximate surface area is 80.6 Å². The zero-order valence-electron chi connectivity index (χ0n) is 7.50. The Morgan fingerprint density at radius 3 is 3.07 bits per heavy atom. The zero-order chi connectivity index (χ0) is 9.97. The van der Waals surface area contributed by atoms with Crippen LogP contribution in [-0.2, 0) is 0 Å². The number of hydrogen-bond acceptors (Lipinski definition) is 4. The van der Waals surface area contributed by atoms with E-state index in [2.05, 4.69) is 10.1 Å². The van der Waals surface area contributed by atoms with Crippen molar-refractivity contribution in [2.45, 2.75) is 6.04 Å². The third-order valence-corrected chi connectivity index (χ3v) is 2.01. The molecule has 1 aromatic heterocycles. The standard InChI is InChI=1S/C9H10N4O/c10-8-4-3-7(6-11-8)13-9(14)2-1-5-12-13/h1-5,7H,6H2,(H2,10,11). The van der Waals surface area contributed by atoms with Crippen LogP contribution in [0.2, 0.25) is 0 Å². The molecule has 5 nitrogen and oxygen atoms in total. The number of aliphatic imine (C=N–C) groups is 1. The van der Waals surface area contributed by atoms with Crippen LogP contribution in [0.4, 0.5) is 0 Å². The Bertz CT molecular complexity index is 446. The molecule has 2 rings (SSSR count). The number of aromatic nitrogens is 2. The Hall–Kier alpha value is -1.91. The summed E-state index contributed by atoms with van der Waals surface area (Å²) in [5.74, 6) is 0.491. The van der Waals surface area contributed by atoms with Gasteiger partial charge in [0.2, 0.25) is 0 Å². The molecular weight excluding hydrogens is 180 g/mol. The normalized spacial score (nSPS) is 20.6. The van der Waals surface area contributed by atoms with E-state index in [4.69, 9.17) is 5.73 Å². The van der Waals surface area contributed by atoms with Gasteiger partial charge in [-0.1, -0.05) is 6.08 Å². The van der Waals surface area contributed by atoms with E-state index in [0.717, 1.165) is 0 Å². The fraction of sp³-hybridized carbons (Fsp3) is 0.222. The van der Waals surface area contributed by atoms with E-state index in [1.807, 2.05) is 6.08 Å². The summed E-state index contributed by atoms with van der Waals surface area (Å²) in [6.45, 7) is 0.471. The summed E-state index contributed by atoms with van der Waals surface area (Å²) in [5.41, 5.74) is 5.34. The lowest BCUT2D eigenvalue weighted by molar-refractivity contribution is 0.515. The Morgan fingerprint density at radius 1 is 1.57 bits per heavy atom. The first kappa shape index (κ1) is 8.68. The summed E-state index contributed by atoms with van der Waals surface area (Å²) in [4.78, 5) is 15.4. The first-order valence-corrected chi connectivity index (χ1v) is 4.29. The zero-order valence-corrected chi connectivity index (χ0v) is 7.50. The Kier molecular flexibility index (Phi) is 2.14. The van der Waals surface area contributed by atoms with E-state index >= 15 is 0 Å². The van der Waals surface area contributed by atoms with Crippen LogP contribution in [0.5, 0.6) is 0 Å². The smallest absolute Gasteiger partial charge is 0.267 e. The molecule has 0 aliphatic carbocycles. The van der Waals surface area contributed by atoms with Gasteiger partial charge in [-0.05, 0) is 12.1 Å². The van der Waals surface area contributed by atoms with E-state index in [1.165, 1.54) is 10.7 Å². The molecule has 0 saturated heterocycles. The molecule has 0 spiro atoms. The van der Waals surface area contributed by atoms with Gasteiger partial charge in [-0.25, -0.2) is 4.68 Å². The molecule has 1 atom stereocenters. The molecule has 1 unspecified atom stereocenters. The number of amidine groups is 1. The lowest BCUT2D eigenvalue weighted by Gasteiger charge is -2.14. The first-order valence-electron chi connectivity index (χ1n) is 4.29. The van der Waals surface area contributed by atoms with E-state index in [0.29, 0.717) is 12.4 Å². The van der Waals surface area contributed by atoms with Crippen molar-refractivity contribution < 1.29 is 0 Å². The highest BCUT2D eigenvalue weighted by atomic mass is 16.1. The molecule has 1 aliphatic heterocycles. The maximum Gasteiger partial charge on any atom is 0.267 e. The molecule has 2 heterocycles. The highest BCUT2D eigenvalue weighted by Crippen LogP contribution is 2.07. The maximum absolute atomic E-state index is 11.4. The first-order chi connectivity index (χ1) is 6.77. The summed E-state index contributed by atoms with van der Waals surface area (Å²) in [5, 5.41) is 3.97. The molecule has 0 saturated carbocycles. The van der Waals surface area contributed by atoms with Crippen LogP contribution in [0.15, 0.2) is 40.3 Å². The van der Waals surface area contributed by atoms with Gasteiger partial charge in [0.05, 0.1) is 12.6 Å². The fourth-order valence-corrected chi connectivity index (χ4v) is 1.30. The van der Waals surface area contributed by atoms with Gasteiger partial charge >= 0.3 is 0 Å². The van der Waals surface area contributed by atoms with Gasteiger partial charge in [0.25, 0.3) is 5.56 Å². The van der Waals surface area contributed by atoms with Gasteiger partial charge in [0, 0.05) is 12.3 Å². The van der Waals surface area contributed by atoms with Crippen LogP contribution < -0.4 is 11.3 Å². The topological polar surface area (TPSA) is 73.3 Å². The monoisotopic (exact) mass is 190 g/mol. The molecule has 1 aromatic rings. The fourth-order valence-electron chi connectivity index (χ4n) is 1.30. The summed E-state index contributed by atoms with van der Waals surface area (Å²) >= 11 is 0. The number of rotatable bonds is 1. The second kappa shape index (κ2) is 3.45.